The van der Waals surface area contributed by atoms with Crippen molar-refractivity contribution >= 4 is 5.97 Å². The Morgan fingerprint density at radius 2 is 2.15 bits per heavy atom. The first-order chi connectivity index (χ1) is 9.65. The largest absolute Gasteiger partial charge is 0.488 e. The Bertz CT molecular complexity index is 656. The molecule has 0 saturated heterocycles. The van der Waals surface area contributed by atoms with Crippen LogP contribution in [0.5, 0.6) is 5.75 Å². The first-order valence-corrected chi connectivity index (χ1v) is 6.15. The Morgan fingerprint density at radius 3 is 2.85 bits per heavy atom. The van der Waals surface area contributed by atoms with Crippen molar-refractivity contribution in [1.82, 2.24) is 4.57 Å². The number of pyridine rings is 1. The lowest BCUT2D eigenvalue weighted by Crippen LogP contribution is -2.21. The topological polar surface area (TPSA) is 70.7 Å². The Morgan fingerprint density at radius 1 is 1.35 bits per heavy atom. The maximum atomic E-state index is 12.1. The summed E-state index contributed by atoms with van der Waals surface area (Å²) < 4.78 is 16.6. The van der Waals surface area contributed by atoms with Crippen LogP contribution in [-0.4, -0.2) is 24.3 Å². The number of ether oxygens (including phenoxy) is 2. The number of hydrogen-bond donors (Lipinski definition) is 0. The second kappa shape index (κ2) is 6.10. The van der Waals surface area contributed by atoms with E-state index in [9.17, 15) is 9.59 Å². The molecule has 0 N–H and O–H groups in total. The van der Waals surface area contributed by atoms with Gasteiger partial charge in [-0.05, 0) is 31.2 Å². The summed E-state index contributed by atoms with van der Waals surface area (Å²) in [5.74, 6) is 0.332. The van der Waals surface area contributed by atoms with Gasteiger partial charge in [-0.2, -0.15) is 0 Å². The van der Waals surface area contributed by atoms with Crippen molar-refractivity contribution in [1.29, 1.82) is 0 Å². The zero-order valence-corrected chi connectivity index (χ0v) is 11.3. The molecule has 0 atom stereocenters. The van der Waals surface area contributed by atoms with Crippen molar-refractivity contribution in [2.75, 3.05) is 13.7 Å². The van der Waals surface area contributed by atoms with E-state index in [-0.39, 0.29) is 23.6 Å². The fourth-order valence-electron chi connectivity index (χ4n) is 1.75. The lowest BCUT2D eigenvalue weighted by Gasteiger charge is -2.06. The molecule has 0 saturated carbocycles. The third-order valence-corrected chi connectivity index (χ3v) is 2.66. The van der Waals surface area contributed by atoms with Crippen LogP contribution >= 0.6 is 0 Å². The number of carbonyl (C=O) groups is 1. The Labute approximate surface area is 115 Å². The summed E-state index contributed by atoms with van der Waals surface area (Å²) in [6.45, 7) is 2.45. The van der Waals surface area contributed by atoms with Gasteiger partial charge in [-0.25, -0.2) is 4.79 Å². The van der Waals surface area contributed by atoms with E-state index in [0.29, 0.717) is 12.4 Å². The van der Waals surface area contributed by atoms with Crippen molar-refractivity contribution in [2.45, 2.75) is 13.5 Å². The van der Waals surface area contributed by atoms with Gasteiger partial charge >= 0.3 is 5.97 Å². The molecule has 106 valence electrons. The zero-order chi connectivity index (χ0) is 14.5. The highest BCUT2D eigenvalue weighted by atomic mass is 16.5. The molecule has 0 aliphatic carbocycles. The summed E-state index contributed by atoms with van der Waals surface area (Å²) in [5.41, 5.74) is -0.245. The van der Waals surface area contributed by atoms with E-state index in [1.807, 2.05) is 6.92 Å². The molecule has 0 bridgehead atoms. The molecule has 6 nitrogen and oxygen atoms in total. The molecule has 0 unspecified atom stereocenters. The van der Waals surface area contributed by atoms with Crippen molar-refractivity contribution in [2.24, 2.45) is 0 Å². The van der Waals surface area contributed by atoms with Crippen LogP contribution in [0.1, 0.15) is 23.2 Å². The summed E-state index contributed by atoms with van der Waals surface area (Å²) in [4.78, 5) is 23.3. The average molecular weight is 277 g/mol. The van der Waals surface area contributed by atoms with Crippen LogP contribution in [0.3, 0.4) is 0 Å². The minimum Gasteiger partial charge on any atom is -0.488 e. The monoisotopic (exact) mass is 277 g/mol. The highest BCUT2D eigenvalue weighted by molar-refractivity contribution is 5.86. The number of hydrogen-bond acceptors (Lipinski definition) is 5. The fraction of sp³-hybridized carbons (Fsp3) is 0.286. The van der Waals surface area contributed by atoms with Crippen LogP contribution in [0.4, 0.5) is 0 Å². The van der Waals surface area contributed by atoms with Gasteiger partial charge in [0.2, 0.25) is 5.76 Å². The molecule has 0 amide bonds. The first kappa shape index (κ1) is 13.9. The SMILES string of the molecule is CCOc1cccn(Cc2ccc(C(=O)OC)o2)c1=O. The van der Waals surface area contributed by atoms with E-state index in [0.717, 1.165) is 0 Å². The van der Waals surface area contributed by atoms with Gasteiger partial charge in [-0.15, -0.1) is 0 Å². The highest BCUT2D eigenvalue weighted by Crippen LogP contribution is 2.11. The molecule has 2 aromatic heterocycles. The summed E-state index contributed by atoms with van der Waals surface area (Å²) in [5, 5.41) is 0. The molecular formula is C14H15NO5. The zero-order valence-electron chi connectivity index (χ0n) is 11.3. The molecule has 0 radical (unpaired) electrons. The molecule has 0 aromatic carbocycles. The molecule has 0 aliphatic rings. The van der Waals surface area contributed by atoms with Crippen LogP contribution in [-0.2, 0) is 11.3 Å². The summed E-state index contributed by atoms with van der Waals surface area (Å²) in [6, 6.07) is 6.48. The number of nitrogens with zero attached hydrogens (tertiary/aromatic N) is 1. The second-order valence-corrected chi connectivity index (χ2v) is 4.00. The molecule has 2 rings (SSSR count). The predicted octanol–water partition coefficient (Wildman–Crippen LogP) is 1.67. The quantitative estimate of drug-likeness (QED) is 0.777. The van der Waals surface area contributed by atoms with Gasteiger partial charge in [-0.1, -0.05) is 0 Å². The predicted molar refractivity (Wildman–Crippen MR) is 71.0 cm³/mol. The fourth-order valence-corrected chi connectivity index (χ4v) is 1.75. The second-order valence-electron chi connectivity index (χ2n) is 4.00. The van der Waals surface area contributed by atoms with Gasteiger partial charge in [0, 0.05) is 6.20 Å². The van der Waals surface area contributed by atoms with Crippen molar-refractivity contribution < 1.29 is 18.7 Å². The molecule has 6 heteroatoms. The van der Waals surface area contributed by atoms with Crippen LogP contribution in [0.25, 0.3) is 0 Å². The number of methoxy groups -OCH3 is 1. The molecule has 2 heterocycles. The number of rotatable bonds is 5. The van der Waals surface area contributed by atoms with Crippen LogP contribution in [0.2, 0.25) is 0 Å². The molecule has 20 heavy (non-hydrogen) atoms. The number of furan rings is 1. The molecular weight excluding hydrogens is 262 g/mol. The average Bonchev–Trinajstić information content (AvgIpc) is 2.91. The van der Waals surface area contributed by atoms with E-state index in [1.54, 1.807) is 24.4 Å². The summed E-state index contributed by atoms with van der Waals surface area (Å²) in [7, 11) is 1.28. The van der Waals surface area contributed by atoms with Crippen molar-refractivity contribution in [3.8, 4) is 5.75 Å². The smallest absolute Gasteiger partial charge is 0.373 e. The minimum absolute atomic E-state index is 0.108. The van der Waals surface area contributed by atoms with E-state index in [2.05, 4.69) is 4.74 Å². The molecule has 0 fully saturated rings. The van der Waals surface area contributed by atoms with Gasteiger partial charge < -0.3 is 18.5 Å². The Hall–Kier alpha value is -2.50. The van der Waals surface area contributed by atoms with E-state index in [4.69, 9.17) is 9.15 Å². The van der Waals surface area contributed by atoms with Crippen LogP contribution in [0.15, 0.2) is 39.7 Å². The maximum absolute atomic E-state index is 12.1. The molecule has 2 aromatic rings. The van der Waals surface area contributed by atoms with Gasteiger partial charge in [0.1, 0.15) is 5.76 Å². The van der Waals surface area contributed by atoms with Crippen LogP contribution < -0.4 is 10.3 Å². The van der Waals surface area contributed by atoms with Crippen molar-refractivity contribution in [3.63, 3.8) is 0 Å². The minimum atomic E-state index is -0.549. The highest BCUT2D eigenvalue weighted by Gasteiger charge is 2.12. The van der Waals surface area contributed by atoms with Gasteiger partial charge in [0.25, 0.3) is 5.56 Å². The first-order valence-electron chi connectivity index (χ1n) is 6.15. The standard InChI is InChI=1S/C14H15NO5/c1-3-19-11-5-4-8-15(13(11)16)9-10-6-7-12(20-10)14(17)18-2/h4-8H,3,9H2,1-2H3. The normalized spacial score (nSPS) is 10.3. The third kappa shape index (κ3) is 2.90. The Kier molecular flexibility index (Phi) is 4.24. The lowest BCUT2D eigenvalue weighted by molar-refractivity contribution is 0.0563. The molecule has 0 spiro atoms. The van der Waals surface area contributed by atoms with Crippen LogP contribution in [0, 0.1) is 0 Å². The van der Waals surface area contributed by atoms with E-state index in [1.165, 1.54) is 17.7 Å². The van der Waals surface area contributed by atoms with E-state index >= 15 is 0 Å². The van der Waals surface area contributed by atoms with E-state index < -0.39 is 5.97 Å². The number of carbonyl (C=O) groups excluding carboxylic acids is 1. The maximum Gasteiger partial charge on any atom is 0.373 e. The molecule has 0 aliphatic heterocycles. The number of esters is 1. The third-order valence-electron chi connectivity index (χ3n) is 2.66. The lowest BCUT2D eigenvalue weighted by atomic mass is 10.4. The van der Waals surface area contributed by atoms with Gasteiger partial charge in [0.15, 0.2) is 5.75 Å². The van der Waals surface area contributed by atoms with Crippen molar-refractivity contribution in [3.05, 3.63) is 52.3 Å². The van der Waals surface area contributed by atoms with Gasteiger partial charge in [0.05, 0.1) is 20.3 Å². The number of aromatic nitrogens is 1. The Balaban J connectivity index is 2.22. The summed E-state index contributed by atoms with van der Waals surface area (Å²) >= 11 is 0. The van der Waals surface area contributed by atoms with Gasteiger partial charge in [-0.3, -0.25) is 4.79 Å². The summed E-state index contributed by atoms with van der Waals surface area (Å²) in [6.07, 6.45) is 1.63.